The highest BCUT2D eigenvalue weighted by Gasteiger charge is 2.35. The number of anilines is 1. The van der Waals surface area contributed by atoms with Crippen LogP contribution in [0.25, 0.3) is 11.0 Å². The molecule has 2 aromatic heterocycles. The van der Waals surface area contributed by atoms with Crippen LogP contribution in [0, 0.1) is 11.8 Å². The van der Waals surface area contributed by atoms with Crippen molar-refractivity contribution in [2.45, 2.75) is 44.4 Å². The lowest BCUT2D eigenvalue weighted by Gasteiger charge is -2.20. The first kappa shape index (κ1) is 21.3. The van der Waals surface area contributed by atoms with Crippen molar-refractivity contribution < 1.29 is 18.1 Å². The van der Waals surface area contributed by atoms with Gasteiger partial charge in [-0.15, -0.1) is 0 Å². The van der Waals surface area contributed by atoms with Gasteiger partial charge in [0.25, 0.3) is 0 Å². The van der Waals surface area contributed by atoms with Crippen molar-refractivity contribution in [3.05, 3.63) is 54.0 Å². The number of aliphatic hydroxyl groups is 1. The van der Waals surface area contributed by atoms with Gasteiger partial charge in [-0.2, -0.15) is 13.1 Å². The first-order valence-electron chi connectivity index (χ1n) is 10.9. The van der Waals surface area contributed by atoms with Crippen molar-refractivity contribution >= 4 is 27.2 Å². The molecule has 0 bridgehead atoms. The second-order valence-corrected chi connectivity index (χ2v) is 10.2. The molecule has 1 fully saturated rings. The molecule has 0 radical (unpaired) electrons. The highest BCUT2D eigenvalue weighted by molar-refractivity contribution is 7.83. The van der Waals surface area contributed by atoms with Crippen molar-refractivity contribution in [3.63, 3.8) is 0 Å². The third-order valence-corrected chi connectivity index (χ3v) is 7.39. The molecule has 5 rings (SSSR count). The Bertz CT molecular complexity index is 1240. The molecule has 2 heterocycles. The van der Waals surface area contributed by atoms with Gasteiger partial charge in [-0.05, 0) is 42.4 Å². The Morgan fingerprint density at radius 2 is 2.00 bits per heavy atom. The van der Waals surface area contributed by atoms with E-state index < -0.39 is 16.4 Å². The summed E-state index contributed by atoms with van der Waals surface area (Å²) in [6.07, 6.45) is 4.93. The molecule has 32 heavy (non-hydrogen) atoms. The average molecular weight is 458 g/mol. The normalized spacial score (nSPS) is 27.7. The van der Waals surface area contributed by atoms with Crippen molar-refractivity contribution in [2.24, 2.45) is 11.8 Å². The number of nitrogens with one attached hydrogen (secondary N) is 2. The van der Waals surface area contributed by atoms with Crippen LogP contribution in [0.15, 0.2) is 42.9 Å². The number of benzene rings is 1. The van der Waals surface area contributed by atoms with Crippen molar-refractivity contribution in [1.82, 2.24) is 19.3 Å². The molecule has 0 unspecified atom stereocenters. The largest absolute Gasteiger partial charge is 0.393 e. The molecular formula is C22H27N5O4S. The van der Waals surface area contributed by atoms with Crippen LogP contribution < -0.4 is 10.0 Å². The zero-order valence-electron chi connectivity index (χ0n) is 17.7. The van der Waals surface area contributed by atoms with Gasteiger partial charge in [-0.25, -0.2) is 9.97 Å². The molecule has 1 aromatic carbocycles. The highest BCUT2D eigenvalue weighted by atomic mass is 32.2. The Morgan fingerprint density at radius 1 is 1.19 bits per heavy atom. The number of nitrogens with zero attached hydrogens (tertiary/aromatic N) is 3. The third kappa shape index (κ3) is 3.99. The summed E-state index contributed by atoms with van der Waals surface area (Å²) in [6, 6.07) is 10.6. The number of fused-ring (bicyclic) bond motifs is 2. The van der Waals surface area contributed by atoms with E-state index in [1.807, 2.05) is 16.8 Å². The molecule has 170 valence electrons. The van der Waals surface area contributed by atoms with Gasteiger partial charge in [-0.1, -0.05) is 31.2 Å². The summed E-state index contributed by atoms with van der Waals surface area (Å²) in [7, 11) is -4.28. The van der Waals surface area contributed by atoms with Gasteiger partial charge in [0.1, 0.15) is 17.8 Å². The maximum Gasteiger partial charge on any atom is 0.333 e. The Labute approximate surface area is 186 Å². The number of hydrogen-bond donors (Lipinski definition) is 4. The number of rotatable bonds is 6. The Hall–Kier alpha value is -2.53. The predicted molar refractivity (Wildman–Crippen MR) is 121 cm³/mol. The molecule has 1 saturated carbocycles. The topological polar surface area (TPSA) is 129 Å². The predicted octanol–water partition coefficient (Wildman–Crippen LogP) is 2.48. The van der Waals surface area contributed by atoms with Crippen LogP contribution >= 0.6 is 0 Å². The van der Waals surface area contributed by atoms with Gasteiger partial charge in [0.15, 0.2) is 0 Å². The van der Waals surface area contributed by atoms with Gasteiger partial charge in [-0.3, -0.25) is 4.55 Å². The molecule has 0 spiro atoms. The van der Waals surface area contributed by atoms with E-state index in [9.17, 15) is 13.5 Å². The van der Waals surface area contributed by atoms with E-state index in [0.29, 0.717) is 18.8 Å². The smallest absolute Gasteiger partial charge is 0.333 e. The van der Waals surface area contributed by atoms with Crippen molar-refractivity contribution in [3.8, 4) is 0 Å². The molecule has 9 nitrogen and oxygen atoms in total. The van der Waals surface area contributed by atoms with E-state index in [2.05, 4.69) is 51.2 Å². The van der Waals surface area contributed by atoms with Crippen molar-refractivity contribution in [1.29, 1.82) is 0 Å². The maximum atomic E-state index is 11.0. The summed E-state index contributed by atoms with van der Waals surface area (Å²) in [5.41, 5.74) is 3.45. The Morgan fingerprint density at radius 3 is 2.81 bits per heavy atom. The summed E-state index contributed by atoms with van der Waals surface area (Å²) in [5, 5.41) is 15.0. The van der Waals surface area contributed by atoms with Crippen LogP contribution in [0.5, 0.6) is 0 Å². The van der Waals surface area contributed by atoms with Crippen LogP contribution in [0.3, 0.4) is 0 Å². The fourth-order valence-electron chi connectivity index (χ4n) is 5.28. The minimum Gasteiger partial charge on any atom is -0.393 e. The summed E-state index contributed by atoms with van der Waals surface area (Å²) >= 11 is 0. The fraction of sp³-hybridized carbons (Fsp3) is 0.455. The van der Waals surface area contributed by atoms with Crippen LogP contribution in [0.4, 0.5) is 5.82 Å². The molecule has 10 heteroatoms. The van der Waals surface area contributed by atoms with Crippen LogP contribution in [-0.2, 0) is 16.7 Å². The highest BCUT2D eigenvalue weighted by Crippen LogP contribution is 2.40. The van der Waals surface area contributed by atoms with Gasteiger partial charge < -0.3 is 15.0 Å². The maximum absolute atomic E-state index is 11.0. The van der Waals surface area contributed by atoms with Gasteiger partial charge in [0.05, 0.1) is 17.5 Å². The van der Waals surface area contributed by atoms with Crippen LogP contribution in [0.1, 0.15) is 43.0 Å². The van der Waals surface area contributed by atoms with E-state index >= 15 is 0 Å². The zero-order chi connectivity index (χ0) is 22.5. The lowest BCUT2D eigenvalue weighted by Crippen LogP contribution is -2.31. The monoisotopic (exact) mass is 457 g/mol. The molecule has 0 amide bonds. The van der Waals surface area contributed by atoms with Gasteiger partial charge >= 0.3 is 10.3 Å². The molecule has 5 atom stereocenters. The lowest BCUT2D eigenvalue weighted by atomic mass is 10.0. The minimum absolute atomic E-state index is 0.00350. The molecule has 2 aliphatic carbocycles. The zero-order valence-corrected chi connectivity index (χ0v) is 18.5. The molecule has 0 saturated heterocycles. The summed E-state index contributed by atoms with van der Waals surface area (Å²) in [6.45, 7) is 2.23. The molecule has 2 aliphatic rings. The van der Waals surface area contributed by atoms with E-state index in [0.717, 1.165) is 23.3 Å². The second kappa shape index (κ2) is 8.11. The summed E-state index contributed by atoms with van der Waals surface area (Å²) in [4.78, 5) is 9.01. The SMILES string of the molecule is C[C@H]1Cc2ccccc2[C@H]1Nc1ncnc2c1ccn2[C@H]1C[C@H](CNS(=O)(=O)O)[C@H](O)C1. The second-order valence-electron chi connectivity index (χ2n) is 8.96. The molecule has 0 aliphatic heterocycles. The molecule has 3 aromatic rings. The van der Waals surface area contributed by atoms with Crippen LogP contribution in [-0.4, -0.2) is 45.3 Å². The lowest BCUT2D eigenvalue weighted by molar-refractivity contribution is 0.133. The van der Waals surface area contributed by atoms with E-state index in [4.69, 9.17) is 4.55 Å². The average Bonchev–Trinajstić information content (AvgIpc) is 3.42. The Kier molecular flexibility index (Phi) is 5.40. The quantitative estimate of drug-likeness (QED) is 0.419. The molecular weight excluding hydrogens is 430 g/mol. The van der Waals surface area contributed by atoms with Gasteiger partial charge in [0, 0.05) is 24.7 Å². The minimum atomic E-state index is -4.28. The summed E-state index contributed by atoms with van der Waals surface area (Å²) < 4.78 is 35.0. The standard InChI is InChI=1S/C22H27N5O4S/c1-13-8-14-4-2-3-5-17(14)20(13)26-21-18-6-7-27(22(18)24-12-23-21)16-9-15(19(28)10-16)11-25-32(29,30)31/h2-7,12-13,15-16,19-20,25,28H,8-11H2,1H3,(H,23,24,26)(H,29,30,31)/t13-,15+,16-,19+,20-/m0/s1. The third-order valence-electron chi connectivity index (χ3n) is 6.86. The van der Waals surface area contributed by atoms with E-state index in [1.165, 1.54) is 11.1 Å². The van der Waals surface area contributed by atoms with Crippen LogP contribution in [0.2, 0.25) is 0 Å². The first-order valence-corrected chi connectivity index (χ1v) is 12.3. The molecule has 4 N–H and O–H groups in total. The fourth-order valence-corrected chi connectivity index (χ4v) is 5.70. The van der Waals surface area contributed by atoms with E-state index in [1.54, 1.807) is 6.33 Å². The number of hydrogen-bond acceptors (Lipinski definition) is 6. The van der Waals surface area contributed by atoms with E-state index in [-0.39, 0.29) is 24.5 Å². The van der Waals surface area contributed by atoms with Gasteiger partial charge in [0.2, 0.25) is 0 Å². The van der Waals surface area contributed by atoms with Crippen molar-refractivity contribution in [2.75, 3.05) is 11.9 Å². The summed E-state index contributed by atoms with van der Waals surface area (Å²) in [5.74, 6) is 0.945. The Balaban J connectivity index is 1.38. The number of aliphatic hydroxyl groups excluding tert-OH is 1. The first-order chi connectivity index (χ1) is 15.3. The number of aromatic nitrogens is 3.